The Morgan fingerprint density at radius 1 is 0.508 bits per heavy atom. The molecule has 0 aliphatic carbocycles. The number of carbonyl (C=O) groups excluding carboxylic acids is 1. The first-order valence-electron chi connectivity index (χ1n) is 19.5. The molecule has 0 saturated carbocycles. The summed E-state index contributed by atoms with van der Waals surface area (Å²) in [5.74, 6) is 1.51. The predicted octanol–water partition coefficient (Wildman–Crippen LogP) is 10.7. The normalized spacial score (nSPS) is 11.5. The maximum absolute atomic E-state index is 11.9. The Bertz CT molecular complexity index is 3040. The van der Waals surface area contributed by atoms with Crippen LogP contribution in [0.1, 0.15) is 28.3 Å². The number of methoxy groups -OCH3 is 3. The second-order valence-corrected chi connectivity index (χ2v) is 14.2. The number of benzene rings is 4. The Balaban J connectivity index is 1.37. The number of H-pyrrole nitrogens is 2. The Morgan fingerprint density at radius 3 is 1.11 bits per heavy atom. The fourth-order valence-corrected chi connectivity index (χ4v) is 7.70. The molecule has 7 aromatic rings. The van der Waals surface area contributed by atoms with Crippen LogP contribution in [0, 0.1) is 0 Å². The lowest BCUT2D eigenvalue weighted by Gasteiger charge is -2.08. The number of fused-ring (bicyclic) bond motifs is 8. The van der Waals surface area contributed by atoms with Gasteiger partial charge in [-0.3, -0.25) is 0 Å². The van der Waals surface area contributed by atoms with E-state index >= 15 is 0 Å². The van der Waals surface area contributed by atoms with Crippen molar-refractivity contribution in [3.8, 4) is 61.8 Å². The van der Waals surface area contributed by atoms with Crippen LogP contribution in [0.15, 0.2) is 121 Å². The maximum atomic E-state index is 11.9. The fraction of sp³-hybridized carbons (Fsp3) is 0.0800. The quantitative estimate of drug-likeness (QED) is 0.0605. The van der Waals surface area contributed by atoms with E-state index in [1.807, 2.05) is 97.1 Å². The molecule has 8 bridgehead atoms. The molecule has 4 aromatic carbocycles. The number of nitrogens with zero attached hydrogens (tertiary/aromatic N) is 4. The van der Waals surface area contributed by atoms with E-state index in [1.54, 1.807) is 21.3 Å². The second-order valence-electron chi connectivity index (χ2n) is 14.2. The SMILES string of the molecule is COc1ccc(-c2c3nc(c(-c4ccc(OC)cc4)c4ccc([nH]4)c(-c4ccc(OC)cc4)c4nc(c(-c5ccc(COC(=O)C=[N+]=[N-])cc5)c5ccc2[nH]5)C=C4)C=C3)cc1. The van der Waals surface area contributed by atoms with Gasteiger partial charge in [-0.25, -0.2) is 14.8 Å². The third kappa shape index (κ3) is 7.60. The number of carbonyl (C=O) groups is 1. The summed E-state index contributed by atoms with van der Waals surface area (Å²) in [6, 6.07) is 40.0. The van der Waals surface area contributed by atoms with E-state index in [4.69, 9.17) is 34.4 Å². The van der Waals surface area contributed by atoms with Crippen LogP contribution in [0.2, 0.25) is 0 Å². The highest BCUT2D eigenvalue weighted by Gasteiger charge is 2.19. The van der Waals surface area contributed by atoms with Crippen molar-refractivity contribution in [3.05, 3.63) is 155 Å². The van der Waals surface area contributed by atoms with Crippen molar-refractivity contribution in [3.63, 3.8) is 0 Å². The summed E-state index contributed by atoms with van der Waals surface area (Å²) in [5, 5.41) is 0. The number of nitrogens with one attached hydrogen (secondary N) is 2. The van der Waals surface area contributed by atoms with Crippen molar-refractivity contribution in [1.29, 1.82) is 0 Å². The van der Waals surface area contributed by atoms with Gasteiger partial charge < -0.3 is 34.4 Å². The summed E-state index contributed by atoms with van der Waals surface area (Å²) >= 11 is 0. The molecule has 0 unspecified atom stereocenters. The number of rotatable bonds is 10. The van der Waals surface area contributed by atoms with Crippen molar-refractivity contribution in [1.82, 2.24) is 19.9 Å². The van der Waals surface area contributed by atoms with Crippen LogP contribution >= 0.6 is 0 Å². The molecule has 0 amide bonds. The first kappa shape index (κ1) is 38.3. The van der Waals surface area contributed by atoms with Gasteiger partial charge in [0, 0.05) is 44.3 Å². The molecule has 2 aliphatic heterocycles. The highest BCUT2D eigenvalue weighted by atomic mass is 16.5. The predicted molar refractivity (Wildman–Crippen MR) is 240 cm³/mol. The second kappa shape index (κ2) is 16.5. The van der Waals surface area contributed by atoms with Crippen LogP contribution in [-0.2, 0) is 16.1 Å². The number of hydrogen-bond acceptors (Lipinski definition) is 7. The third-order valence-electron chi connectivity index (χ3n) is 10.7. The smallest absolute Gasteiger partial charge is 0.413 e. The monoisotopic (exact) mass is 802 g/mol. The molecule has 0 radical (unpaired) electrons. The Hall–Kier alpha value is -8.27. The maximum Gasteiger partial charge on any atom is 0.413 e. The number of hydrogen-bond donors (Lipinski definition) is 2. The van der Waals surface area contributed by atoms with Crippen LogP contribution in [0.4, 0.5) is 0 Å². The molecular formula is C50H38N6O5. The van der Waals surface area contributed by atoms with E-state index in [2.05, 4.69) is 63.3 Å². The van der Waals surface area contributed by atoms with Gasteiger partial charge in [-0.05, 0) is 113 Å². The van der Waals surface area contributed by atoms with Crippen LogP contribution in [0.25, 0.3) is 96.4 Å². The average molecular weight is 803 g/mol. The van der Waals surface area contributed by atoms with Crippen LogP contribution < -0.4 is 14.2 Å². The molecule has 61 heavy (non-hydrogen) atoms. The molecule has 0 saturated heterocycles. The topological polar surface area (TPSA) is 148 Å². The summed E-state index contributed by atoms with van der Waals surface area (Å²) in [4.78, 5) is 32.9. The van der Waals surface area contributed by atoms with Crippen LogP contribution in [0.5, 0.6) is 17.2 Å². The molecule has 3 aromatic heterocycles. The summed E-state index contributed by atoms with van der Waals surface area (Å²) in [6.07, 6.45) is 8.92. The molecule has 0 fully saturated rings. The number of esters is 1. The Morgan fingerprint density at radius 2 is 0.820 bits per heavy atom. The summed E-state index contributed by atoms with van der Waals surface area (Å²) < 4.78 is 21.8. The molecule has 5 heterocycles. The van der Waals surface area contributed by atoms with Gasteiger partial charge in [0.1, 0.15) is 23.9 Å². The van der Waals surface area contributed by atoms with Gasteiger partial charge in [-0.1, -0.05) is 60.7 Å². The number of ether oxygens (including phenoxy) is 4. The molecule has 298 valence electrons. The molecule has 11 nitrogen and oxygen atoms in total. The highest BCUT2D eigenvalue weighted by molar-refractivity contribution is 6.20. The van der Waals surface area contributed by atoms with Gasteiger partial charge in [0.15, 0.2) is 0 Å². The van der Waals surface area contributed by atoms with Gasteiger partial charge in [0.05, 0.1) is 44.1 Å². The molecule has 0 atom stereocenters. The molecule has 9 rings (SSSR count). The minimum atomic E-state index is -0.741. The summed E-state index contributed by atoms with van der Waals surface area (Å²) in [7, 11) is 4.97. The van der Waals surface area contributed by atoms with E-state index in [-0.39, 0.29) is 6.61 Å². The van der Waals surface area contributed by atoms with E-state index in [9.17, 15) is 4.79 Å². The van der Waals surface area contributed by atoms with Gasteiger partial charge in [-0.15, -0.1) is 0 Å². The van der Waals surface area contributed by atoms with Gasteiger partial charge in [-0.2, -0.15) is 4.79 Å². The minimum absolute atomic E-state index is 0.0105. The van der Waals surface area contributed by atoms with Crippen molar-refractivity contribution < 1.29 is 28.5 Å². The zero-order chi connectivity index (χ0) is 41.9. The standard InChI is InChI=1S/C50H38N6O5/c1-58-35-14-8-32(9-15-35)48-40-22-20-38(53-40)47(31-6-4-30(5-7-31)29-61-46(57)28-52-51)39-21-23-41(54-39)49(33-10-16-36(59-2)17-11-33)43-25-27-45(56-43)50(44-26-24-42(48)55-44)34-12-18-37(60-3)19-13-34/h4-28,53,56H,29H2,1-3H3. The fourth-order valence-electron chi connectivity index (χ4n) is 7.70. The lowest BCUT2D eigenvalue weighted by Crippen LogP contribution is -2.05. The molecule has 2 aliphatic rings. The Labute approximate surface area is 350 Å². The lowest BCUT2D eigenvalue weighted by atomic mass is 10.0. The van der Waals surface area contributed by atoms with Crippen LogP contribution in [-0.4, -0.2) is 58.2 Å². The molecular weight excluding hydrogens is 765 g/mol. The van der Waals surface area contributed by atoms with Crippen LogP contribution in [0.3, 0.4) is 0 Å². The summed E-state index contributed by atoms with van der Waals surface area (Å²) in [5.41, 5.74) is 23.4. The van der Waals surface area contributed by atoms with E-state index in [0.29, 0.717) is 0 Å². The number of aromatic amines is 2. The summed E-state index contributed by atoms with van der Waals surface area (Å²) in [6.45, 7) is 0.0105. The largest absolute Gasteiger partial charge is 0.497 e. The zero-order valence-electron chi connectivity index (χ0n) is 33.5. The number of aromatic nitrogens is 4. The van der Waals surface area contributed by atoms with E-state index in [1.165, 1.54) is 0 Å². The van der Waals surface area contributed by atoms with E-state index in [0.717, 1.165) is 118 Å². The first-order chi connectivity index (χ1) is 29.9. The Kier molecular flexibility index (Phi) is 10.4. The lowest BCUT2D eigenvalue weighted by molar-refractivity contribution is -0.140. The molecule has 0 spiro atoms. The van der Waals surface area contributed by atoms with Gasteiger partial charge in [0.25, 0.3) is 0 Å². The van der Waals surface area contributed by atoms with Crippen molar-refractivity contribution in [2.45, 2.75) is 6.61 Å². The highest BCUT2D eigenvalue weighted by Crippen LogP contribution is 2.39. The average Bonchev–Trinajstić information content (AvgIpc) is 4.15. The van der Waals surface area contributed by atoms with Gasteiger partial charge in [0.2, 0.25) is 0 Å². The molecule has 11 heteroatoms. The third-order valence-corrected chi connectivity index (χ3v) is 10.7. The first-order valence-corrected chi connectivity index (χ1v) is 19.5. The van der Waals surface area contributed by atoms with Crippen molar-refractivity contribution >= 4 is 58.6 Å². The minimum Gasteiger partial charge on any atom is -0.497 e. The van der Waals surface area contributed by atoms with Crippen molar-refractivity contribution in [2.75, 3.05) is 21.3 Å². The van der Waals surface area contributed by atoms with Gasteiger partial charge >= 0.3 is 12.2 Å². The van der Waals surface area contributed by atoms with E-state index < -0.39 is 5.97 Å². The zero-order valence-corrected chi connectivity index (χ0v) is 33.5. The molecule has 2 N–H and O–H groups in total. The van der Waals surface area contributed by atoms with Crippen molar-refractivity contribution in [2.24, 2.45) is 0 Å².